The van der Waals surface area contributed by atoms with Crippen molar-refractivity contribution < 1.29 is 13.2 Å². The number of hydrazone groups is 1. The molecule has 1 amide bonds. The smallest absolute Gasteiger partial charge is 0.276 e. The van der Waals surface area contributed by atoms with Crippen LogP contribution >= 0.6 is 0 Å². The lowest BCUT2D eigenvalue weighted by Gasteiger charge is -2.20. The average molecular weight is 414 g/mol. The van der Waals surface area contributed by atoms with Crippen LogP contribution in [0.15, 0.2) is 58.5 Å². The van der Waals surface area contributed by atoms with Crippen LogP contribution in [0.2, 0.25) is 0 Å². The highest BCUT2D eigenvalue weighted by Gasteiger charge is 2.21. The van der Waals surface area contributed by atoms with Gasteiger partial charge in [-0.3, -0.25) is 4.79 Å². The van der Waals surface area contributed by atoms with Gasteiger partial charge >= 0.3 is 0 Å². The summed E-state index contributed by atoms with van der Waals surface area (Å²) >= 11 is 0. The summed E-state index contributed by atoms with van der Waals surface area (Å²) in [6.07, 6.45) is 5.28. The molecule has 0 unspecified atom stereocenters. The number of hydrogen-bond acceptors (Lipinski definition) is 4. The molecule has 0 aromatic heterocycles. The highest BCUT2D eigenvalue weighted by molar-refractivity contribution is 7.89. The van der Waals surface area contributed by atoms with Crippen LogP contribution in [0, 0.1) is 12.8 Å². The Kier molecular flexibility index (Phi) is 6.69. The SMILES string of the molecule is C/C(=N\NS(=O)(=O)c1ccc(C)cc1)c1cccc(NC(=O)C2CCCCC2)c1. The predicted molar refractivity (Wildman–Crippen MR) is 115 cm³/mol. The van der Waals surface area contributed by atoms with E-state index < -0.39 is 10.0 Å². The lowest BCUT2D eigenvalue weighted by atomic mass is 9.88. The van der Waals surface area contributed by atoms with Crippen molar-refractivity contribution in [3.63, 3.8) is 0 Å². The molecule has 0 radical (unpaired) electrons. The standard InChI is InChI=1S/C22H27N3O3S/c1-16-11-13-21(14-12-16)29(27,28)25-24-17(2)19-9-6-10-20(15-19)23-22(26)18-7-4-3-5-8-18/h6,9-15,18,25H,3-5,7-8H2,1-2H3,(H,23,26)/b24-17+. The van der Waals surface area contributed by atoms with Crippen molar-refractivity contribution >= 4 is 27.3 Å². The van der Waals surface area contributed by atoms with Crippen molar-refractivity contribution in [3.8, 4) is 0 Å². The van der Waals surface area contributed by atoms with Crippen LogP contribution in [-0.2, 0) is 14.8 Å². The summed E-state index contributed by atoms with van der Waals surface area (Å²) in [5.74, 6) is 0.125. The first-order valence-corrected chi connectivity index (χ1v) is 11.4. The fourth-order valence-electron chi connectivity index (χ4n) is 3.39. The third-order valence-electron chi connectivity index (χ3n) is 5.19. The first-order chi connectivity index (χ1) is 13.8. The van der Waals surface area contributed by atoms with E-state index in [2.05, 4.69) is 15.2 Å². The van der Waals surface area contributed by atoms with Gasteiger partial charge in [0.2, 0.25) is 5.91 Å². The summed E-state index contributed by atoms with van der Waals surface area (Å²) in [7, 11) is -3.73. The average Bonchev–Trinajstić information content (AvgIpc) is 2.73. The number of anilines is 1. The van der Waals surface area contributed by atoms with E-state index in [9.17, 15) is 13.2 Å². The topological polar surface area (TPSA) is 87.6 Å². The molecule has 3 rings (SSSR count). The number of benzene rings is 2. The van der Waals surface area contributed by atoms with Crippen molar-refractivity contribution in [1.29, 1.82) is 0 Å². The Morgan fingerprint density at radius 2 is 1.72 bits per heavy atom. The predicted octanol–water partition coefficient (Wildman–Crippen LogP) is 4.22. The Morgan fingerprint density at radius 1 is 1.03 bits per heavy atom. The zero-order valence-electron chi connectivity index (χ0n) is 16.8. The molecule has 0 spiro atoms. The van der Waals surface area contributed by atoms with Crippen LogP contribution in [0.1, 0.15) is 50.2 Å². The summed E-state index contributed by atoms with van der Waals surface area (Å²) in [4.78, 5) is 14.9. The second-order valence-electron chi connectivity index (χ2n) is 7.51. The zero-order valence-corrected chi connectivity index (χ0v) is 17.6. The Morgan fingerprint density at radius 3 is 2.41 bits per heavy atom. The van der Waals surface area contributed by atoms with Gasteiger partial charge < -0.3 is 5.32 Å². The Labute approximate surface area is 172 Å². The molecule has 0 bridgehead atoms. The van der Waals surface area contributed by atoms with Gasteiger partial charge in [-0.2, -0.15) is 18.4 Å². The second kappa shape index (κ2) is 9.22. The van der Waals surface area contributed by atoms with E-state index in [1.54, 1.807) is 37.3 Å². The number of nitrogens with one attached hydrogen (secondary N) is 2. The quantitative estimate of drug-likeness (QED) is 0.549. The molecule has 154 valence electrons. The molecule has 0 atom stereocenters. The third-order valence-corrected chi connectivity index (χ3v) is 6.41. The Hall–Kier alpha value is -2.67. The Balaban J connectivity index is 1.68. The number of hydrogen-bond donors (Lipinski definition) is 2. The highest BCUT2D eigenvalue weighted by Crippen LogP contribution is 2.25. The van der Waals surface area contributed by atoms with Crippen LogP contribution in [0.5, 0.6) is 0 Å². The van der Waals surface area contributed by atoms with Crippen LogP contribution in [0.25, 0.3) is 0 Å². The van der Waals surface area contributed by atoms with Crippen LogP contribution in [-0.4, -0.2) is 20.0 Å². The molecular formula is C22H27N3O3S. The molecule has 0 aliphatic heterocycles. The molecule has 1 saturated carbocycles. The molecule has 1 aliphatic rings. The van der Waals surface area contributed by atoms with Gasteiger partial charge in [0.05, 0.1) is 10.6 Å². The minimum Gasteiger partial charge on any atom is -0.326 e. The molecule has 2 aromatic rings. The van der Waals surface area contributed by atoms with Gasteiger partial charge in [-0.25, -0.2) is 0 Å². The maximum atomic E-state index is 12.5. The zero-order chi connectivity index (χ0) is 20.9. The van der Waals surface area contributed by atoms with E-state index >= 15 is 0 Å². The Bertz CT molecular complexity index is 992. The summed E-state index contributed by atoms with van der Waals surface area (Å²) in [5.41, 5.74) is 2.91. The normalized spacial score (nSPS) is 15.7. The number of aryl methyl sites for hydroxylation is 1. The molecule has 29 heavy (non-hydrogen) atoms. The molecule has 1 fully saturated rings. The van der Waals surface area contributed by atoms with Crippen molar-refractivity contribution in [2.24, 2.45) is 11.0 Å². The summed E-state index contributed by atoms with van der Waals surface area (Å²) in [6, 6.07) is 13.9. The summed E-state index contributed by atoms with van der Waals surface area (Å²) < 4.78 is 24.8. The monoisotopic (exact) mass is 413 g/mol. The van der Waals surface area contributed by atoms with Crippen molar-refractivity contribution in [2.45, 2.75) is 50.8 Å². The second-order valence-corrected chi connectivity index (χ2v) is 9.17. The lowest BCUT2D eigenvalue weighted by Crippen LogP contribution is -2.24. The highest BCUT2D eigenvalue weighted by atomic mass is 32.2. The van der Waals surface area contributed by atoms with E-state index in [4.69, 9.17) is 0 Å². The van der Waals surface area contributed by atoms with Gasteiger partial charge in [-0.15, -0.1) is 0 Å². The van der Waals surface area contributed by atoms with Gasteiger partial charge in [0.1, 0.15) is 0 Å². The van der Waals surface area contributed by atoms with E-state index in [-0.39, 0.29) is 16.7 Å². The maximum absolute atomic E-state index is 12.5. The van der Waals surface area contributed by atoms with Gasteiger partial charge in [0.15, 0.2) is 0 Å². The van der Waals surface area contributed by atoms with Gasteiger partial charge in [-0.1, -0.05) is 49.1 Å². The molecule has 2 N–H and O–H groups in total. The summed E-state index contributed by atoms with van der Waals surface area (Å²) in [5, 5.41) is 7.02. The summed E-state index contributed by atoms with van der Waals surface area (Å²) in [6.45, 7) is 3.62. The molecular weight excluding hydrogens is 386 g/mol. The fourth-order valence-corrected chi connectivity index (χ4v) is 4.25. The van der Waals surface area contributed by atoms with Crippen molar-refractivity contribution in [1.82, 2.24) is 4.83 Å². The van der Waals surface area contributed by atoms with Crippen LogP contribution in [0.4, 0.5) is 5.69 Å². The van der Waals surface area contributed by atoms with Crippen molar-refractivity contribution in [3.05, 3.63) is 59.7 Å². The number of carbonyl (C=O) groups is 1. The minimum atomic E-state index is -3.73. The number of amides is 1. The number of nitrogens with zero attached hydrogens (tertiary/aromatic N) is 1. The van der Waals surface area contributed by atoms with Gasteiger partial charge in [0, 0.05) is 11.6 Å². The van der Waals surface area contributed by atoms with E-state index in [0.717, 1.165) is 36.8 Å². The molecule has 7 heteroatoms. The fraction of sp³-hybridized carbons (Fsp3) is 0.364. The van der Waals surface area contributed by atoms with E-state index in [1.807, 2.05) is 25.1 Å². The van der Waals surface area contributed by atoms with Gasteiger partial charge in [0.25, 0.3) is 10.0 Å². The lowest BCUT2D eigenvalue weighted by molar-refractivity contribution is -0.120. The number of rotatable bonds is 6. The minimum absolute atomic E-state index is 0.0523. The molecule has 2 aromatic carbocycles. The van der Waals surface area contributed by atoms with Crippen LogP contribution < -0.4 is 10.1 Å². The first kappa shape index (κ1) is 21.0. The third kappa shape index (κ3) is 5.67. The molecule has 6 nitrogen and oxygen atoms in total. The first-order valence-electron chi connectivity index (χ1n) is 9.89. The van der Waals surface area contributed by atoms with E-state index in [1.165, 1.54) is 6.42 Å². The maximum Gasteiger partial charge on any atom is 0.276 e. The molecule has 0 heterocycles. The largest absolute Gasteiger partial charge is 0.326 e. The van der Waals surface area contributed by atoms with Crippen molar-refractivity contribution in [2.75, 3.05) is 5.32 Å². The number of carbonyl (C=O) groups excluding carboxylic acids is 1. The number of sulfonamides is 1. The van der Waals surface area contributed by atoms with E-state index in [0.29, 0.717) is 11.4 Å². The molecule has 1 aliphatic carbocycles. The molecule has 0 saturated heterocycles. The van der Waals surface area contributed by atoms with Gasteiger partial charge in [-0.05, 0) is 56.5 Å². The van der Waals surface area contributed by atoms with Crippen LogP contribution in [0.3, 0.4) is 0 Å².